The highest BCUT2D eigenvalue weighted by Crippen LogP contribution is 2.28. The lowest BCUT2D eigenvalue weighted by Gasteiger charge is -2.17. The average Bonchev–Trinajstić information content (AvgIpc) is 3.11. The molecule has 0 saturated carbocycles. The lowest BCUT2D eigenvalue weighted by Crippen LogP contribution is -2.33. The van der Waals surface area contributed by atoms with Crippen LogP contribution in [0.5, 0.6) is 5.75 Å². The summed E-state index contributed by atoms with van der Waals surface area (Å²) in [7, 11) is 0. The van der Waals surface area contributed by atoms with E-state index in [1.54, 1.807) is 30.5 Å². The van der Waals surface area contributed by atoms with Crippen LogP contribution in [0.15, 0.2) is 53.7 Å². The van der Waals surface area contributed by atoms with Crippen molar-refractivity contribution in [2.75, 3.05) is 11.9 Å². The molecule has 4 aromatic rings. The molecule has 0 radical (unpaired) electrons. The number of aromatic nitrogens is 3. The Hall–Kier alpha value is -3.26. The molecule has 8 heteroatoms. The summed E-state index contributed by atoms with van der Waals surface area (Å²) in [6.07, 6.45) is 3.60. The van der Waals surface area contributed by atoms with Crippen LogP contribution in [0.3, 0.4) is 0 Å². The monoisotopic (exact) mass is 408 g/mol. The summed E-state index contributed by atoms with van der Waals surface area (Å²) in [6, 6.07) is 10.2. The Balaban J connectivity index is 1.65. The molecule has 3 heterocycles. The van der Waals surface area contributed by atoms with Crippen molar-refractivity contribution in [1.82, 2.24) is 14.5 Å². The minimum atomic E-state index is -0.663. The Bertz CT molecular complexity index is 1230. The molecule has 0 aliphatic heterocycles. The summed E-state index contributed by atoms with van der Waals surface area (Å²) in [5.74, 6) is 0.473. The van der Waals surface area contributed by atoms with Gasteiger partial charge in [0, 0.05) is 17.3 Å². The number of amides is 1. The number of carbonyl (C=O) groups is 1. The van der Waals surface area contributed by atoms with Crippen LogP contribution in [0.1, 0.15) is 26.3 Å². The molecule has 3 aromatic heterocycles. The molecule has 0 bridgehead atoms. The number of thiophene rings is 1. The number of nitrogens with one attached hydrogen (secondary N) is 1. The number of pyridine rings is 1. The molecule has 1 N–H and O–H groups in total. The summed E-state index contributed by atoms with van der Waals surface area (Å²) in [5, 5.41) is 3.72. The number of nitrogens with zero attached hydrogens (tertiary/aromatic N) is 3. The van der Waals surface area contributed by atoms with Crippen molar-refractivity contribution in [2.45, 2.75) is 26.3 Å². The number of hydrogen-bond acceptors (Lipinski definition) is 6. The first-order valence-corrected chi connectivity index (χ1v) is 10.2. The Morgan fingerprint density at radius 1 is 1.21 bits per heavy atom. The zero-order chi connectivity index (χ0) is 20.4. The van der Waals surface area contributed by atoms with E-state index in [0.29, 0.717) is 28.9 Å². The first-order chi connectivity index (χ1) is 14.1. The molecule has 0 aliphatic carbocycles. The maximum atomic E-state index is 13.1. The number of anilines is 1. The van der Waals surface area contributed by atoms with E-state index in [0.717, 1.165) is 16.0 Å². The SMILES string of the molecule is CCOc1ccc(NC(=O)[C@H](CC)n2cnc3c(sc4ncccc43)c2=O)cc1. The number of ether oxygens (including phenoxy) is 1. The van der Waals surface area contributed by atoms with Gasteiger partial charge >= 0.3 is 0 Å². The molecular formula is C21H20N4O3S. The van der Waals surface area contributed by atoms with E-state index in [9.17, 15) is 9.59 Å². The number of fused-ring (bicyclic) bond motifs is 3. The summed E-state index contributed by atoms with van der Waals surface area (Å²) in [6.45, 7) is 4.36. The van der Waals surface area contributed by atoms with E-state index < -0.39 is 6.04 Å². The van der Waals surface area contributed by atoms with Gasteiger partial charge in [0.2, 0.25) is 5.91 Å². The van der Waals surface area contributed by atoms with Crippen LogP contribution in [0.4, 0.5) is 5.69 Å². The number of hydrogen-bond donors (Lipinski definition) is 1. The number of carbonyl (C=O) groups excluding carboxylic acids is 1. The quantitative estimate of drug-likeness (QED) is 0.521. The molecule has 7 nitrogen and oxygen atoms in total. The van der Waals surface area contributed by atoms with E-state index in [1.807, 2.05) is 26.0 Å². The van der Waals surface area contributed by atoms with Crippen LogP contribution in [0.2, 0.25) is 0 Å². The second kappa shape index (κ2) is 8.00. The van der Waals surface area contributed by atoms with Crippen molar-refractivity contribution in [2.24, 2.45) is 0 Å². The topological polar surface area (TPSA) is 86.1 Å². The van der Waals surface area contributed by atoms with Crippen molar-refractivity contribution in [3.63, 3.8) is 0 Å². The molecule has 4 rings (SSSR count). The van der Waals surface area contributed by atoms with Crippen LogP contribution < -0.4 is 15.6 Å². The minimum absolute atomic E-state index is 0.230. The molecule has 1 amide bonds. The fraction of sp³-hybridized carbons (Fsp3) is 0.238. The third-order valence-corrected chi connectivity index (χ3v) is 5.73. The number of benzene rings is 1. The van der Waals surface area contributed by atoms with Gasteiger partial charge in [-0.25, -0.2) is 9.97 Å². The second-order valence-electron chi connectivity index (χ2n) is 6.46. The fourth-order valence-corrected chi connectivity index (χ4v) is 4.27. The fourth-order valence-electron chi connectivity index (χ4n) is 3.24. The highest BCUT2D eigenvalue weighted by Gasteiger charge is 2.22. The van der Waals surface area contributed by atoms with Crippen molar-refractivity contribution in [3.05, 3.63) is 59.3 Å². The third kappa shape index (κ3) is 3.58. The normalized spacial score (nSPS) is 12.2. The van der Waals surface area contributed by atoms with Gasteiger partial charge in [-0.1, -0.05) is 6.92 Å². The summed E-state index contributed by atoms with van der Waals surface area (Å²) in [5.41, 5.74) is 1.04. The highest BCUT2D eigenvalue weighted by atomic mass is 32.1. The van der Waals surface area contributed by atoms with Gasteiger partial charge in [0.1, 0.15) is 21.3 Å². The van der Waals surface area contributed by atoms with Crippen LogP contribution in [-0.2, 0) is 4.79 Å². The smallest absolute Gasteiger partial charge is 0.272 e. The van der Waals surface area contributed by atoms with E-state index in [1.165, 1.54) is 22.2 Å². The first-order valence-electron chi connectivity index (χ1n) is 9.40. The first kappa shape index (κ1) is 19.1. The molecule has 1 aromatic carbocycles. The Morgan fingerprint density at radius 2 is 2.00 bits per heavy atom. The average molecular weight is 408 g/mol. The van der Waals surface area contributed by atoms with Gasteiger partial charge in [-0.05, 0) is 49.7 Å². The molecule has 148 valence electrons. The lowest BCUT2D eigenvalue weighted by atomic mass is 10.2. The highest BCUT2D eigenvalue weighted by molar-refractivity contribution is 7.25. The Morgan fingerprint density at radius 3 is 2.72 bits per heavy atom. The molecule has 0 unspecified atom stereocenters. The molecule has 29 heavy (non-hydrogen) atoms. The predicted molar refractivity (Wildman–Crippen MR) is 115 cm³/mol. The van der Waals surface area contributed by atoms with Crippen molar-refractivity contribution in [3.8, 4) is 5.75 Å². The lowest BCUT2D eigenvalue weighted by molar-refractivity contribution is -0.119. The van der Waals surface area contributed by atoms with Crippen LogP contribution in [-0.4, -0.2) is 27.0 Å². The van der Waals surface area contributed by atoms with Gasteiger partial charge in [0.15, 0.2) is 0 Å². The van der Waals surface area contributed by atoms with E-state index in [-0.39, 0.29) is 11.5 Å². The molecule has 0 aliphatic rings. The molecule has 0 spiro atoms. The van der Waals surface area contributed by atoms with Crippen LogP contribution >= 0.6 is 11.3 Å². The van der Waals surface area contributed by atoms with Crippen molar-refractivity contribution in [1.29, 1.82) is 0 Å². The van der Waals surface area contributed by atoms with Gasteiger partial charge in [-0.15, -0.1) is 11.3 Å². The van der Waals surface area contributed by atoms with Crippen LogP contribution in [0.25, 0.3) is 20.4 Å². The zero-order valence-electron chi connectivity index (χ0n) is 16.1. The van der Waals surface area contributed by atoms with Crippen LogP contribution in [0, 0.1) is 0 Å². The van der Waals surface area contributed by atoms with Gasteiger partial charge < -0.3 is 10.1 Å². The van der Waals surface area contributed by atoms with Crippen molar-refractivity contribution < 1.29 is 9.53 Å². The molecule has 0 fully saturated rings. The van der Waals surface area contributed by atoms with E-state index in [2.05, 4.69) is 15.3 Å². The zero-order valence-corrected chi connectivity index (χ0v) is 16.9. The van der Waals surface area contributed by atoms with Gasteiger partial charge in [-0.3, -0.25) is 14.2 Å². The second-order valence-corrected chi connectivity index (χ2v) is 7.46. The molecular weight excluding hydrogens is 388 g/mol. The predicted octanol–water partition coefficient (Wildman–Crippen LogP) is 3.99. The number of rotatable bonds is 6. The minimum Gasteiger partial charge on any atom is -0.494 e. The maximum Gasteiger partial charge on any atom is 0.272 e. The Kier molecular flexibility index (Phi) is 5.26. The van der Waals surface area contributed by atoms with Gasteiger partial charge in [-0.2, -0.15) is 0 Å². The third-order valence-electron chi connectivity index (χ3n) is 4.64. The van der Waals surface area contributed by atoms with Crippen molar-refractivity contribution >= 4 is 43.4 Å². The summed E-state index contributed by atoms with van der Waals surface area (Å²) < 4.78 is 7.33. The maximum absolute atomic E-state index is 13.1. The standard InChI is InChI=1S/C21H20N4O3S/c1-3-16(19(26)24-13-7-9-14(10-8-13)28-4-2)25-12-23-17-15-6-5-11-22-20(15)29-18(17)21(25)27/h5-12,16H,3-4H2,1-2H3,(H,24,26)/t16-/m0/s1. The van der Waals surface area contributed by atoms with Gasteiger partial charge in [0.05, 0.1) is 18.5 Å². The molecule has 1 atom stereocenters. The summed E-state index contributed by atoms with van der Waals surface area (Å²) in [4.78, 5) is 35.5. The summed E-state index contributed by atoms with van der Waals surface area (Å²) >= 11 is 1.30. The molecule has 0 saturated heterocycles. The Labute approximate surface area is 171 Å². The van der Waals surface area contributed by atoms with E-state index in [4.69, 9.17) is 4.74 Å². The van der Waals surface area contributed by atoms with Gasteiger partial charge in [0.25, 0.3) is 5.56 Å². The van der Waals surface area contributed by atoms with E-state index >= 15 is 0 Å². The largest absolute Gasteiger partial charge is 0.494 e.